The third-order valence-electron chi connectivity index (χ3n) is 3.91. The van der Waals surface area contributed by atoms with Gasteiger partial charge in [0.1, 0.15) is 0 Å². The fourth-order valence-corrected chi connectivity index (χ4v) is 2.45. The minimum atomic E-state index is 0.551. The lowest BCUT2D eigenvalue weighted by Crippen LogP contribution is -2.19. The summed E-state index contributed by atoms with van der Waals surface area (Å²) in [6.45, 7) is 16.8. The highest BCUT2D eigenvalue weighted by Crippen LogP contribution is 2.31. The van der Waals surface area contributed by atoms with Crippen molar-refractivity contribution in [1.82, 2.24) is 0 Å². The number of rotatable bonds is 7. The molecule has 0 fully saturated rings. The molecule has 102 valence electrons. The molecular formula is C17H29N. The van der Waals surface area contributed by atoms with Crippen LogP contribution in [0.2, 0.25) is 0 Å². The lowest BCUT2D eigenvalue weighted by molar-refractivity contribution is 0.304. The van der Waals surface area contributed by atoms with Crippen molar-refractivity contribution in [3.05, 3.63) is 36.0 Å². The van der Waals surface area contributed by atoms with Gasteiger partial charge in [0.25, 0.3) is 0 Å². The van der Waals surface area contributed by atoms with Gasteiger partial charge in [0.15, 0.2) is 0 Å². The van der Waals surface area contributed by atoms with E-state index in [0.29, 0.717) is 23.5 Å². The van der Waals surface area contributed by atoms with Gasteiger partial charge < -0.3 is 5.41 Å². The van der Waals surface area contributed by atoms with Gasteiger partial charge in [-0.05, 0) is 43.6 Å². The quantitative estimate of drug-likeness (QED) is 0.460. The Morgan fingerprint density at radius 2 is 1.78 bits per heavy atom. The Kier molecular flexibility index (Phi) is 7.58. The zero-order chi connectivity index (χ0) is 14.3. The molecule has 0 rings (SSSR count). The molecule has 1 heteroatoms. The van der Waals surface area contributed by atoms with Gasteiger partial charge in [0.05, 0.1) is 0 Å². The topological polar surface area (TPSA) is 23.9 Å². The number of allylic oxidation sites excluding steroid dienone is 5. The molecule has 1 nitrogen and oxygen atoms in total. The van der Waals surface area contributed by atoms with Crippen LogP contribution in [0.5, 0.6) is 0 Å². The molecule has 0 amide bonds. The van der Waals surface area contributed by atoms with Crippen LogP contribution in [0.4, 0.5) is 0 Å². The van der Waals surface area contributed by atoms with Crippen molar-refractivity contribution < 1.29 is 0 Å². The van der Waals surface area contributed by atoms with Crippen LogP contribution in [0.3, 0.4) is 0 Å². The molecule has 0 aromatic rings. The second-order valence-corrected chi connectivity index (χ2v) is 5.43. The molecule has 0 aromatic heterocycles. The summed E-state index contributed by atoms with van der Waals surface area (Å²) in [6.07, 6.45) is 6.83. The third-order valence-corrected chi connectivity index (χ3v) is 3.91. The van der Waals surface area contributed by atoms with E-state index in [4.69, 9.17) is 5.41 Å². The van der Waals surface area contributed by atoms with Gasteiger partial charge in [-0.2, -0.15) is 0 Å². The van der Waals surface area contributed by atoms with E-state index >= 15 is 0 Å². The van der Waals surface area contributed by atoms with Crippen molar-refractivity contribution in [3.63, 3.8) is 0 Å². The lowest BCUT2D eigenvalue weighted by atomic mass is 9.77. The number of hydrogen-bond donors (Lipinski definition) is 1. The lowest BCUT2D eigenvalue weighted by Gasteiger charge is -2.28. The first kappa shape index (κ1) is 16.9. The summed E-state index contributed by atoms with van der Waals surface area (Å²) in [7, 11) is 0. The summed E-state index contributed by atoms with van der Waals surface area (Å²) >= 11 is 0. The van der Waals surface area contributed by atoms with E-state index in [-0.39, 0.29) is 0 Å². The van der Waals surface area contributed by atoms with Crippen molar-refractivity contribution in [1.29, 1.82) is 5.41 Å². The predicted octanol–water partition coefficient (Wildman–Crippen LogP) is 5.40. The van der Waals surface area contributed by atoms with E-state index in [1.807, 2.05) is 19.1 Å². The van der Waals surface area contributed by atoms with E-state index < -0.39 is 0 Å². The van der Waals surface area contributed by atoms with Crippen molar-refractivity contribution in [3.8, 4) is 0 Å². The standard InChI is InChI=1S/C17H29N/c1-8-10-11-17(15(7)18)14(6)16(9-2)13(5)12(3)4/h8,10-13,16,18H,1,9H2,2-7H3/b11-10-,17-14-,18-15?/t13-,16?/m1/s1. The molecule has 0 saturated heterocycles. The van der Waals surface area contributed by atoms with Crippen LogP contribution in [0.1, 0.15) is 48.0 Å². The summed E-state index contributed by atoms with van der Waals surface area (Å²) in [5.74, 6) is 1.86. The van der Waals surface area contributed by atoms with Crippen LogP contribution in [-0.4, -0.2) is 5.71 Å². The zero-order valence-corrected chi connectivity index (χ0v) is 12.9. The predicted molar refractivity (Wildman–Crippen MR) is 83.2 cm³/mol. The molecule has 0 aliphatic heterocycles. The average Bonchev–Trinajstić information content (AvgIpc) is 2.29. The van der Waals surface area contributed by atoms with Gasteiger partial charge in [0, 0.05) is 5.71 Å². The monoisotopic (exact) mass is 247 g/mol. The van der Waals surface area contributed by atoms with E-state index in [1.165, 1.54) is 5.57 Å². The Bertz CT molecular complexity index is 345. The Balaban J connectivity index is 5.45. The van der Waals surface area contributed by atoms with Gasteiger partial charge in [-0.15, -0.1) is 0 Å². The smallest absolute Gasteiger partial charge is 0.0354 e. The molecule has 0 spiro atoms. The van der Waals surface area contributed by atoms with Crippen LogP contribution in [-0.2, 0) is 0 Å². The molecule has 0 heterocycles. The maximum Gasteiger partial charge on any atom is 0.0354 e. The van der Waals surface area contributed by atoms with Gasteiger partial charge >= 0.3 is 0 Å². The zero-order valence-electron chi connectivity index (χ0n) is 12.9. The molecule has 1 unspecified atom stereocenters. The minimum absolute atomic E-state index is 0.551. The molecule has 0 aliphatic rings. The van der Waals surface area contributed by atoms with Crippen molar-refractivity contribution >= 4 is 5.71 Å². The van der Waals surface area contributed by atoms with E-state index in [2.05, 4.69) is 41.2 Å². The Hall–Kier alpha value is -1.11. The Labute approximate surface area is 113 Å². The molecule has 0 bridgehead atoms. The van der Waals surface area contributed by atoms with Crippen molar-refractivity contribution in [2.45, 2.75) is 48.0 Å². The highest BCUT2D eigenvalue weighted by Gasteiger charge is 2.22. The average molecular weight is 247 g/mol. The van der Waals surface area contributed by atoms with Gasteiger partial charge in [-0.25, -0.2) is 0 Å². The largest absolute Gasteiger partial charge is 0.305 e. The molecule has 0 aliphatic carbocycles. The van der Waals surface area contributed by atoms with Crippen molar-refractivity contribution in [2.24, 2.45) is 17.8 Å². The summed E-state index contributed by atoms with van der Waals surface area (Å²) in [5, 5.41) is 7.93. The van der Waals surface area contributed by atoms with Crippen LogP contribution in [0.15, 0.2) is 36.0 Å². The maximum absolute atomic E-state index is 7.93. The normalized spacial score (nSPS) is 16.6. The number of hydrogen-bond acceptors (Lipinski definition) is 1. The summed E-state index contributed by atoms with van der Waals surface area (Å²) in [6, 6.07) is 0. The van der Waals surface area contributed by atoms with E-state index in [0.717, 1.165) is 12.0 Å². The van der Waals surface area contributed by atoms with E-state index in [1.54, 1.807) is 6.08 Å². The van der Waals surface area contributed by atoms with Gasteiger partial charge in [-0.3, -0.25) is 0 Å². The summed E-state index contributed by atoms with van der Waals surface area (Å²) in [4.78, 5) is 0. The Morgan fingerprint density at radius 3 is 2.11 bits per heavy atom. The minimum Gasteiger partial charge on any atom is -0.305 e. The van der Waals surface area contributed by atoms with Crippen LogP contribution in [0.25, 0.3) is 0 Å². The first-order chi connectivity index (χ1) is 8.36. The first-order valence-electron chi connectivity index (χ1n) is 6.92. The van der Waals surface area contributed by atoms with Crippen LogP contribution in [0, 0.1) is 23.2 Å². The Morgan fingerprint density at radius 1 is 1.22 bits per heavy atom. The van der Waals surface area contributed by atoms with Gasteiger partial charge in [-0.1, -0.05) is 58.1 Å². The molecule has 0 radical (unpaired) electrons. The highest BCUT2D eigenvalue weighted by atomic mass is 14.4. The third kappa shape index (κ3) is 4.64. The van der Waals surface area contributed by atoms with E-state index in [9.17, 15) is 0 Å². The first-order valence-corrected chi connectivity index (χ1v) is 6.92. The molecule has 18 heavy (non-hydrogen) atoms. The molecule has 0 saturated carbocycles. The molecular weight excluding hydrogens is 218 g/mol. The summed E-state index contributed by atoms with van der Waals surface area (Å²) in [5.41, 5.74) is 3.04. The fraction of sp³-hybridized carbons (Fsp3) is 0.588. The highest BCUT2D eigenvalue weighted by molar-refractivity contribution is 5.99. The molecule has 2 atom stereocenters. The van der Waals surface area contributed by atoms with Crippen LogP contribution < -0.4 is 0 Å². The SMILES string of the molecule is C=C/C=C\C(C(C)=N)=C(/C)C(CC)[C@H](C)C(C)C. The molecule has 0 aromatic carbocycles. The second-order valence-electron chi connectivity index (χ2n) is 5.43. The molecule has 1 N–H and O–H groups in total. The summed E-state index contributed by atoms with van der Waals surface area (Å²) < 4.78 is 0. The number of nitrogens with one attached hydrogen (secondary N) is 1. The van der Waals surface area contributed by atoms with Crippen LogP contribution >= 0.6 is 0 Å². The van der Waals surface area contributed by atoms with Crippen molar-refractivity contribution in [2.75, 3.05) is 0 Å². The second kappa shape index (κ2) is 8.07. The van der Waals surface area contributed by atoms with Gasteiger partial charge in [0.2, 0.25) is 0 Å². The maximum atomic E-state index is 7.93. The fourth-order valence-electron chi connectivity index (χ4n) is 2.45.